The Kier molecular flexibility index (Phi) is 4.15. The SMILES string of the molecule is Cc1nc(C2CCN(Cc3cc(=O)[nH]c(-c4ccccc4)n3)C2)n[nH]1. The average molecular weight is 336 g/mol. The first kappa shape index (κ1) is 15.7. The third-order valence-corrected chi connectivity index (χ3v) is 4.48. The first-order chi connectivity index (χ1) is 12.2. The lowest BCUT2D eigenvalue weighted by Gasteiger charge is -2.15. The summed E-state index contributed by atoms with van der Waals surface area (Å²) in [4.78, 5) is 26.2. The van der Waals surface area contributed by atoms with Gasteiger partial charge >= 0.3 is 0 Å². The molecular formula is C18H20N6O. The molecule has 2 aromatic heterocycles. The zero-order valence-electron chi connectivity index (χ0n) is 14.1. The Morgan fingerprint density at radius 3 is 2.84 bits per heavy atom. The van der Waals surface area contributed by atoms with Crippen LogP contribution in [0.15, 0.2) is 41.2 Å². The molecule has 1 atom stereocenters. The first-order valence-corrected chi connectivity index (χ1v) is 8.44. The smallest absolute Gasteiger partial charge is 0.251 e. The van der Waals surface area contributed by atoms with Crippen molar-refractivity contribution in [2.75, 3.05) is 13.1 Å². The molecule has 7 nitrogen and oxygen atoms in total. The van der Waals surface area contributed by atoms with Crippen molar-refractivity contribution >= 4 is 0 Å². The van der Waals surface area contributed by atoms with E-state index in [0.29, 0.717) is 18.3 Å². The van der Waals surface area contributed by atoms with Crippen molar-refractivity contribution in [1.29, 1.82) is 0 Å². The summed E-state index contributed by atoms with van der Waals surface area (Å²) in [6.07, 6.45) is 1.02. The number of aromatic nitrogens is 5. The molecular weight excluding hydrogens is 316 g/mol. The molecule has 4 rings (SSSR count). The van der Waals surface area contributed by atoms with Crippen molar-refractivity contribution in [2.24, 2.45) is 0 Å². The Hall–Kier alpha value is -2.80. The second-order valence-corrected chi connectivity index (χ2v) is 6.45. The fourth-order valence-electron chi connectivity index (χ4n) is 3.28. The number of likely N-dealkylation sites (tertiary alicyclic amines) is 1. The fraction of sp³-hybridized carbons (Fsp3) is 0.333. The summed E-state index contributed by atoms with van der Waals surface area (Å²) in [5.41, 5.74) is 1.58. The summed E-state index contributed by atoms with van der Waals surface area (Å²) in [7, 11) is 0. The van der Waals surface area contributed by atoms with Crippen LogP contribution in [-0.4, -0.2) is 43.1 Å². The largest absolute Gasteiger partial charge is 0.307 e. The number of rotatable bonds is 4. The normalized spacial score (nSPS) is 17.9. The molecule has 3 aromatic rings. The number of benzene rings is 1. The Morgan fingerprint density at radius 1 is 1.24 bits per heavy atom. The second-order valence-electron chi connectivity index (χ2n) is 6.45. The van der Waals surface area contributed by atoms with Gasteiger partial charge < -0.3 is 4.98 Å². The number of H-pyrrole nitrogens is 2. The van der Waals surface area contributed by atoms with Gasteiger partial charge in [0.15, 0.2) is 5.82 Å². The van der Waals surface area contributed by atoms with Gasteiger partial charge in [-0.2, -0.15) is 5.10 Å². The molecule has 0 spiro atoms. The lowest BCUT2D eigenvalue weighted by Crippen LogP contribution is -2.22. The van der Waals surface area contributed by atoms with Crippen LogP contribution in [0.25, 0.3) is 11.4 Å². The minimum absolute atomic E-state index is 0.121. The van der Waals surface area contributed by atoms with Gasteiger partial charge in [-0.05, 0) is 19.9 Å². The monoisotopic (exact) mass is 336 g/mol. The molecule has 128 valence electrons. The molecule has 7 heteroatoms. The van der Waals surface area contributed by atoms with E-state index in [0.717, 1.165) is 42.4 Å². The summed E-state index contributed by atoms with van der Waals surface area (Å²) in [5.74, 6) is 2.67. The highest BCUT2D eigenvalue weighted by atomic mass is 16.1. The fourth-order valence-corrected chi connectivity index (χ4v) is 3.28. The minimum Gasteiger partial charge on any atom is -0.307 e. The third-order valence-electron chi connectivity index (χ3n) is 4.48. The van der Waals surface area contributed by atoms with Crippen LogP contribution in [0.5, 0.6) is 0 Å². The quantitative estimate of drug-likeness (QED) is 0.759. The van der Waals surface area contributed by atoms with Crippen LogP contribution < -0.4 is 5.56 Å². The summed E-state index contributed by atoms with van der Waals surface area (Å²) in [6, 6.07) is 11.3. The minimum atomic E-state index is -0.121. The van der Waals surface area contributed by atoms with Gasteiger partial charge in [0.05, 0.1) is 5.69 Å². The van der Waals surface area contributed by atoms with E-state index in [4.69, 9.17) is 0 Å². The molecule has 1 saturated heterocycles. The number of nitrogens with zero attached hydrogens (tertiary/aromatic N) is 4. The standard InChI is InChI=1S/C18H20N6O/c1-12-19-18(23-22-12)14-7-8-24(10-14)11-15-9-16(25)21-17(20-15)13-5-3-2-4-6-13/h2-6,9,14H,7-8,10-11H2,1H3,(H,19,22,23)(H,20,21,25). The molecule has 1 aliphatic rings. The summed E-state index contributed by atoms with van der Waals surface area (Å²) in [6.45, 7) is 4.40. The average Bonchev–Trinajstić information content (AvgIpc) is 3.24. The molecule has 1 aromatic carbocycles. The molecule has 25 heavy (non-hydrogen) atoms. The highest BCUT2D eigenvalue weighted by molar-refractivity contribution is 5.54. The summed E-state index contributed by atoms with van der Waals surface area (Å²) < 4.78 is 0. The van der Waals surface area contributed by atoms with Gasteiger partial charge in [-0.15, -0.1) is 0 Å². The van der Waals surface area contributed by atoms with E-state index in [-0.39, 0.29) is 5.56 Å². The van der Waals surface area contributed by atoms with E-state index in [1.54, 1.807) is 6.07 Å². The summed E-state index contributed by atoms with van der Waals surface area (Å²) in [5, 5.41) is 7.18. The number of aryl methyl sites for hydroxylation is 1. The Morgan fingerprint density at radius 2 is 2.08 bits per heavy atom. The van der Waals surface area contributed by atoms with Gasteiger partial charge in [-0.25, -0.2) is 9.97 Å². The van der Waals surface area contributed by atoms with Crippen molar-refractivity contribution in [3.63, 3.8) is 0 Å². The third kappa shape index (κ3) is 3.51. The van der Waals surface area contributed by atoms with E-state index in [2.05, 4.69) is 30.0 Å². The predicted molar refractivity (Wildman–Crippen MR) is 94.0 cm³/mol. The molecule has 1 unspecified atom stereocenters. The lowest BCUT2D eigenvalue weighted by molar-refractivity contribution is 0.321. The lowest BCUT2D eigenvalue weighted by atomic mass is 10.1. The van der Waals surface area contributed by atoms with Crippen molar-refractivity contribution in [1.82, 2.24) is 30.0 Å². The molecule has 1 fully saturated rings. The Labute approximate surface area is 145 Å². The highest BCUT2D eigenvalue weighted by Gasteiger charge is 2.27. The second kappa shape index (κ2) is 6.60. The maximum atomic E-state index is 12.0. The van der Waals surface area contributed by atoms with Crippen LogP contribution in [0, 0.1) is 6.92 Å². The van der Waals surface area contributed by atoms with Gasteiger partial charge in [0.2, 0.25) is 0 Å². The van der Waals surface area contributed by atoms with E-state index in [1.165, 1.54) is 0 Å². The van der Waals surface area contributed by atoms with Crippen molar-refractivity contribution < 1.29 is 0 Å². The van der Waals surface area contributed by atoms with Gasteiger partial charge in [-0.3, -0.25) is 14.8 Å². The van der Waals surface area contributed by atoms with Gasteiger partial charge in [-0.1, -0.05) is 30.3 Å². The van der Waals surface area contributed by atoms with Crippen LogP contribution in [0.3, 0.4) is 0 Å². The van der Waals surface area contributed by atoms with Gasteiger partial charge in [0.1, 0.15) is 11.6 Å². The van der Waals surface area contributed by atoms with Crippen molar-refractivity contribution in [2.45, 2.75) is 25.8 Å². The molecule has 0 radical (unpaired) electrons. The molecule has 2 N–H and O–H groups in total. The van der Waals surface area contributed by atoms with E-state index in [9.17, 15) is 4.79 Å². The van der Waals surface area contributed by atoms with Gasteiger partial charge in [0, 0.05) is 30.6 Å². The topological polar surface area (TPSA) is 90.6 Å². The molecule has 0 saturated carbocycles. The predicted octanol–water partition coefficient (Wildman–Crippen LogP) is 1.85. The van der Waals surface area contributed by atoms with Crippen LogP contribution in [0.2, 0.25) is 0 Å². The molecule has 0 amide bonds. The van der Waals surface area contributed by atoms with Crippen LogP contribution in [0.4, 0.5) is 0 Å². The first-order valence-electron chi connectivity index (χ1n) is 8.44. The molecule has 3 heterocycles. The molecule has 0 aliphatic carbocycles. The number of hydrogen-bond acceptors (Lipinski definition) is 5. The van der Waals surface area contributed by atoms with E-state index >= 15 is 0 Å². The maximum absolute atomic E-state index is 12.0. The van der Waals surface area contributed by atoms with E-state index < -0.39 is 0 Å². The van der Waals surface area contributed by atoms with Crippen LogP contribution >= 0.6 is 0 Å². The van der Waals surface area contributed by atoms with Gasteiger partial charge in [0.25, 0.3) is 5.56 Å². The zero-order valence-corrected chi connectivity index (χ0v) is 14.1. The number of hydrogen-bond donors (Lipinski definition) is 2. The Bertz CT molecular complexity index is 917. The molecule has 0 bridgehead atoms. The molecule has 1 aliphatic heterocycles. The van der Waals surface area contributed by atoms with E-state index in [1.807, 2.05) is 37.3 Å². The maximum Gasteiger partial charge on any atom is 0.251 e. The van der Waals surface area contributed by atoms with Crippen molar-refractivity contribution in [3.05, 3.63) is 64.1 Å². The van der Waals surface area contributed by atoms with Crippen LogP contribution in [0.1, 0.15) is 29.7 Å². The number of nitrogens with one attached hydrogen (secondary N) is 2. The highest BCUT2D eigenvalue weighted by Crippen LogP contribution is 2.25. The summed E-state index contributed by atoms with van der Waals surface area (Å²) >= 11 is 0. The number of aromatic amines is 2. The van der Waals surface area contributed by atoms with Crippen molar-refractivity contribution in [3.8, 4) is 11.4 Å². The Balaban J connectivity index is 1.50. The zero-order chi connectivity index (χ0) is 17.2. The van der Waals surface area contributed by atoms with Crippen LogP contribution in [-0.2, 0) is 6.54 Å².